The SMILES string of the molecule is CCCN(CCC)c1ccc([C@@H]2NC(=O)c3c(sc4c3CCN(C)C4)N2)cc1. The summed E-state index contributed by atoms with van der Waals surface area (Å²) in [5.41, 5.74) is 4.47. The van der Waals surface area contributed by atoms with Crippen LogP contribution in [0.3, 0.4) is 0 Å². The molecule has 2 aliphatic rings. The summed E-state index contributed by atoms with van der Waals surface area (Å²) >= 11 is 1.74. The third kappa shape index (κ3) is 3.63. The molecule has 4 rings (SSSR count). The lowest BCUT2D eigenvalue weighted by Gasteiger charge is -2.28. The molecule has 1 amide bonds. The number of hydrogen-bond donors (Lipinski definition) is 2. The van der Waals surface area contributed by atoms with E-state index in [1.165, 1.54) is 16.1 Å². The highest BCUT2D eigenvalue weighted by atomic mass is 32.1. The van der Waals surface area contributed by atoms with Gasteiger partial charge in [-0.25, -0.2) is 0 Å². The Labute approximate surface area is 171 Å². The summed E-state index contributed by atoms with van der Waals surface area (Å²) in [6, 6.07) is 8.63. The van der Waals surface area contributed by atoms with Crippen molar-refractivity contribution < 1.29 is 4.79 Å². The van der Waals surface area contributed by atoms with Crippen LogP contribution in [-0.4, -0.2) is 37.5 Å². The van der Waals surface area contributed by atoms with Crippen molar-refractivity contribution in [3.05, 3.63) is 45.8 Å². The number of rotatable bonds is 6. The first-order valence-corrected chi connectivity index (χ1v) is 11.2. The van der Waals surface area contributed by atoms with Gasteiger partial charge in [0.2, 0.25) is 0 Å². The molecule has 0 radical (unpaired) electrons. The number of likely N-dealkylation sites (N-methyl/N-ethyl adjacent to an activating group) is 1. The number of carbonyl (C=O) groups is 1. The summed E-state index contributed by atoms with van der Waals surface area (Å²) in [4.78, 5) is 18.9. The molecule has 0 unspecified atom stereocenters. The number of anilines is 2. The van der Waals surface area contributed by atoms with Gasteiger partial charge in [-0.15, -0.1) is 11.3 Å². The molecule has 0 saturated heterocycles. The molecule has 0 aliphatic carbocycles. The van der Waals surface area contributed by atoms with E-state index in [2.05, 4.69) is 65.6 Å². The summed E-state index contributed by atoms with van der Waals surface area (Å²) in [6.45, 7) is 8.53. The molecule has 28 heavy (non-hydrogen) atoms. The number of hydrogen-bond acceptors (Lipinski definition) is 5. The molecule has 3 heterocycles. The molecular formula is C22H30N4OS. The van der Waals surface area contributed by atoms with E-state index in [0.29, 0.717) is 0 Å². The Hall–Kier alpha value is -2.05. The first kappa shape index (κ1) is 19.3. The van der Waals surface area contributed by atoms with Crippen molar-refractivity contribution in [1.82, 2.24) is 10.2 Å². The van der Waals surface area contributed by atoms with Crippen LogP contribution < -0.4 is 15.5 Å². The lowest BCUT2D eigenvalue weighted by Crippen LogP contribution is -2.38. The zero-order valence-electron chi connectivity index (χ0n) is 17.0. The van der Waals surface area contributed by atoms with E-state index in [-0.39, 0.29) is 12.1 Å². The van der Waals surface area contributed by atoms with E-state index in [0.717, 1.165) is 61.6 Å². The van der Waals surface area contributed by atoms with Gasteiger partial charge >= 0.3 is 0 Å². The smallest absolute Gasteiger partial charge is 0.256 e. The maximum absolute atomic E-state index is 12.9. The van der Waals surface area contributed by atoms with Gasteiger partial charge in [-0.2, -0.15) is 0 Å². The number of carbonyl (C=O) groups excluding carboxylic acids is 1. The lowest BCUT2D eigenvalue weighted by atomic mass is 10.0. The second-order valence-electron chi connectivity index (χ2n) is 7.83. The maximum Gasteiger partial charge on any atom is 0.256 e. The van der Waals surface area contributed by atoms with Crippen molar-refractivity contribution in [2.24, 2.45) is 0 Å². The number of fused-ring (bicyclic) bond motifs is 3. The van der Waals surface area contributed by atoms with Crippen molar-refractivity contribution in [3.63, 3.8) is 0 Å². The van der Waals surface area contributed by atoms with Gasteiger partial charge in [-0.1, -0.05) is 26.0 Å². The minimum absolute atomic E-state index is 0.0588. The minimum Gasteiger partial charge on any atom is -0.372 e. The highest BCUT2D eigenvalue weighted by Crippen LogP contribution is 2.40. The van der Waals surface area contributed by atoms with Crippen LogP contribution in [-0.2, 0) is 13.0 Å². The average Bonchev–Trinajstić information content (AvgIpc) is 3.05. The number of amides is 1. The van der Waals surface area contributed by atoms with Crippen LogP contribution >= 0.6 is 11.3 Å². The van der Waals surface area contributed by atoms with Crippen LogP contribution in [0.25, 0.3) is 0 Å². The van der Waals surface area contributed by atoms with Gasteiger partial charge in [0.05, 0.1) is 5.56 Å². The quantitative estimate of drug-likeness (QED) is 0.765. The van der Waals surface area contributed by atoms with Crippen LogP contribution in [0.15, 0.2) is 24.3 Å². The fraction of sp³-hybridized carbons (Fsp3) is 0.500. The first-order valence-electron chi connectivity index (χ1n) is 10.4. The second kappa shape index (κ2) is 8.13. The molecule has 0 bridgehead atoms. The molecule has 2 aromatic rings. The van der Waals surface area contributed by atoms with Crippen molar-refractivity contribution in [3.8, 4) is 0 Å². The number of nitrogens with one attached hydrogen (secondary N) is 2. The van der Waals surface area contributed by atoms with Crippen LogP contribution in [0.5, 0.6) is 0 Å². The zero-order chi connectivity index (χ0) is 19.7. The topological polar surface area (TPSA) is 47.6 Å². The van der Waals surface area contributed by atoms with Gasteiger partial charge in [0.1, 0.15) is 11.2 Å². The van der Waals surface area contributed by atoms with Crippen LogP contribution in [0.1, 0.15) is 59.2 Å². The molecule has 2 N–H and O–H groups in total. The Kier molecular flexibility index (Phi) is 5.60. The Balaban J connectivity index is 1.54. The fourth-order valence-corrected chi connectivity index (χ4v) is 5.55. The van der Waals surface area contributed by atoms with Gasteiger partial charge in [0.15, 0.2) is 0 Å². The molecule has 0 fully saturated rings. The van der Waals surface area contributed by atoms with E-state index in [9.17, 15) is 4.79 Å². The number of nitrogens with zero attached hydrogens (tertiary/aromatic N) is 2. The molecule has 5 nitrogen and oxygen atoms in total. The summed E-state index contributed by atoms with van der Waals surface area (Å²) in [7, 11) is 2.14. The Bertz CT molecular complexity index is 839. The lowest BCUT2D eigenvalue weighted by molar-refractivity contribution is 0.0935. The summed E-state index contributed by atoms with van der Waals surface area (Å²) in [5, 5.41) is 7.76. The van der Waals surface area contributed by atoms with Gasteiger partial charge in [-0.3, -0.25) is 4.79 Å². The van der Waals surface area contributed by atoms with Gasteiger partial charge in [0, 0.05) is 36.7 Å². The van der Waals surface area contributed by atoms with Crippen molar-refractivity contribution in [2.75, 3.05) is 36.9 Å². The minimum atomic E-state index is -0.169. The first-order chi connectivity index (χ1) is 13.6. The standard InChI is InChI=1S/C22H30N4OS/c1-4-11-26(12-5-2)16-8-6-15(7-9-16)20-23-21(27)19-17-10-13-25(3)14-18(17)28-22(19)24-20/h6-9,20,24H,4-5,10-14H2,1-3H3,(H,23,27)/t20-/m1/s1. The van der Waals surface area contributed by atoms with E-state index < -0.39 is 0 Å². The zero-order valence-corrected chi connectivity index (χ0v) is 17.9. The van der Waals surface area contributed by atoms with Crippen molar-refractivity contribution in [2.45, 2.75) is 45.8 Å². The monoisotopic (exact) mass is 398 g/mol. The number of benzene rings is 1. The van der Waals surface area contributed by atoms with Gasteiger partial charge in [-0.05, 0) is 49.6 Å². The van der Waals surface area contributed by atoms with E-state index in [4.69, 9.17) is 0 Å². The van der Waals surface area contributed by atoms with E-state index in [1.807, 2.05) is 0 Å². The molecule has 0 saturated carbocycles. The van der Waals surface area contributed by atoms with E-state index in [1.54, 1.807) is 11.3 Å². The van der Waals surface area contributed by atoms with Crippen LogP contribution in [0.2, 0.25) is 0 Å². The van der Waals surface area contributed by atoms with Crippen molar-refractivity contribution in [1.29, 1.82) is 0 Å². The summed E-state index contributed by atoms with van der Waals surface area (Å²) in [5.74, 6) is 0.0588. The maximum atomic E-state index is 12.9. The van der Waals surface area contributed by atoms with Crippen LogP contribution in [0, 0.1) is 0 Å². The molecule has 0 spiro atoms. The molecule has 1 atom stereocenters. The predicted molar refractivity (Wildman–Crippen MR) is 117 cm³/mol. The van der Waals surface area contributed by atoms with E-state index >= 15 is 0 Å². The highest BCUT2D eigenvalue weighted by molar-refractivity contribution is 7.16. The Morgan fingerprint density at radius 3 is 2.54 bits per heavy atom. The molecule has 6 heteroatoms. The Morgan fingerprint density at radius 2 is 1.86 bits per heavy atom. The molecule has 1 aromatic heterocycles. The van der Waals surface area contributed by atoms with Gasteiger partial charge < -0.3 is 20.4 Å². The summed E-state index contributed by atoms with van der Waals surface area (Å²) < 4.78 is 0. The number of thiophene rings is 1. The molecule has 1 aromatic carbocycles. The third-order valence-electron chi connectivity index (χ3n) is 5.60. The van der Waals surface area contributed by atoms with Crippen LogP contribution in [0.4, 0.5) is 10.7 Å². The molecule has 150 valence electrons. The van der Waals surface area contributed by atoms with Crippen molar-refractivity contribution >= 4 is 27.9 Å². The third-order valence-corrected chi connectivity index (χ3v) is 6.75. The highest BCUT2D eigenvalue weighted by Gasteiger charge is 2.32. The van der Waals surface area contributed by atoms with Gasteiger partial charge in [0.25, 0.3) is 5.91 Å². The normalized spacial score (nSPS) is 18.8. The average molecular weight is 399 g/mol. The summed E-state index contributed by atoms with van der Waals surface area (Å²) in [6.07, 6.45) is 3.07. The predicted octanol–water partition coefficient (Wildman–Crippen LogP) is 4.22. The second-order valence-corrected chi connectivity index (χ2v) is 8.93. The molecular weight excluding hydrogens is 368 g/mol. The fourth-order valence-electron chi connectivity index (χ4n) is 4.20. The molecule has 2 aliphatic heterocycles. The largest absolute Gasteiger partial charge is 0.372 e. The Morgan fingerprint density at radius 1 is 1.14 bits per heavy atom.